The van der Waals surface area contributed by atoms with Gasteiger partial charge in [-0.15, -0.1) is 0 Å². The van der Waals surface area contributed by atoms with Crippen LogP contribution in [-0.2, 0) is 6.54 Å². The highest BCUT2D eigenvalue weighted by atomic mass is 16.1. The number of nitrogens with one attached hydrogen (secondary N) is 1. The van der Waals surface area contributed by atoms with Crippen LogP contribution in [0.3, 0.4) is 0 Å². The Morgan fingerprint density at radius 2 is 1.69 bits per heavy atom. The van der Waals surface area contributed by atoms with Crippen LogP contribution in [0.4, 0.5) is 11.6 Å². The van der Waals surface area contributed by atoms with Gasteiger partial charge in [-0.3, -0.25) is 4.79 Å². The summed E-state index contributed by atoms with van der Waals surface area (Å²) in [6, 6.07) is 18.0. The molecule has 0 bridgehead atoms. The van der Waals surface area contributed by atoms with E-state index in [4.69, 9.17) is 0 Å². The molecule has 0 spiro atoms. The maximum Gasteiger partial charge on any atom is 0.274 e. The number of rotatable bonds is 6. The van der Waals surface area contributed by atoms with E-state index < -0.39 is 0 Å². The Morgan fingerprint density at radius 1 is 0.966 bits per heavy atom. The van der Waals surface area contributed by atoms with E-state index in [1.807, 2.05) is 57.2 Å². The topological polar surface area (TPSA) is 58.1 Å². The highest BCUT2D eigenvalue weighted by Crippen LogP contribution is 2.19. The molecule has 1 aromatic heterocycles. The Morgan fingerprint density at radius 3 is 2.34 bits per heavy atom. The second kappa shape index (κ2) is 8.86. The van der Waals surface area contributed by atoms with Gasteiger partial charge >= 0.3 is 0 Å². The summed E-state index contributed by atoms with van der Waals surface area (Å²) in [5.41, 5.74) is 5.39. The Balaban J connectivity index is 1.87. The molecule has 0 aliphatic heterocycles. The average molecular weight is 389 g/mol. The van der Waals surface area contributed by atoms with E-state index in [2.05, 4.69) is 46.2 Å². The molecule has 3 rings (SSSR count). The highest BCUT2D eigenvalue weighted by molar-refractivity contribution is 6.03. The van der Waals surface area contributed by atoms with Gasteiger partial charge in [-0.05, 0) is 69.5 Å². The van der Waals surface area contributed by atoms with E-state index in [0.717, 1.165) is 16.9 Å². The lowest BCUT2D eigenvalue weighted by atomic mass is 10.1. The van der Waals surface area contributed by atoms with Crippen molar-refractivity contribution in [1.29, 1.82) is 0 Å². The maximum absolute atomic E-state index is 12.8. The summed E-state index contributed by atoms with van der Waals surface area (Å²) in [6.45, 7) is 10.8. The van der Waals surface area contributed by atoms with Crippen molar-refractivity contribution in [3.8, 4) is 0 Å². The van der Waals surface area contributed by atoms with E-state index in [0.29, 0.717) is 18.2 Å². The Labute approximate surface area is 172 Å². The zero-order chi connectivity index (χ0) is 21.0. The molecule has 2 aromatic carbocycles. The van der Waals surface area contributed by atoms with E-state index in [9.17, 15) is 4.79 Å². The molecule has 29 heavy (non-hydrogen) atoms. The van der Waals surface area contributed by atoms with Crippen molar-refractivity contribution in [2.75, 3.05) is 10.2 Å². The molecule has 5 nitrogen and oxygen atoms in total. The van der Waals surface area contributed by atoms with Crippen LogP contribution in [0.2, 0.25) is 0 Å². The van der Waals surface area contributed by atoms with Crippen LogP contribution >= 0.6 is 0 Å². The molecule has 1 heterocycles. The van der Waals surface area contributed by atoms with E-state index in [1.54, 1.807) is 6.07 Å². The van der Waals surface area contributed by atoms with Crippen LogP contribution < -0.4 is 10.2 Å². The van der Waals surface area contributed by atoms with Gasteiger partial charge in [-0.25, -0.2) is 9.97 Å². The zero-order valence-electron chi connectivity index (χ0n) is 17.7. The number of aryl methyl sites for hydroxylation is 3. The van der Waals surface area contributed by atoms with Gasteiger partial charge in [0.15, 0.2) is 0 Å². The standard InChI is InChI=1S/C24H28N4O/c1-16(2)28(15-20-9-7-6-8-10-20)24-25-19(5)14-22(27-24)23(29)26-21-12-11-17(3)18(4)13-21/h6-14,16H,15H2,1-5H3,(H,26,29). The van der Waals surface area contributed by atoms with Crippen LogP contribution in [0.5, 0.6) is 0 Å². The third-order valence-electron chi connectivity index (χ3n) is 4.92. The molecule has 0 unspecified atom stereocenters. The SMILES string of the molecule is Cc1cc(C(=O)Nc2ccc(C)c(C)c2)nc(N(Cc2ccccc2)C(C)C)n1. The normalized spacial score (nSPS) is 10.8. The lowest BCUT2D eigenvalue weighted by molar-refractivity contribution is 0.102. The second-order valence-electron chi connectivity index (χ2n) is 7.65. The van der Waals surface area contributed by atoms with Crippen LogP contribution in [-0.4, -0.2) is 21.9 Å². The summed E-state index contributed by atoms with van der Waals surface area (Å²) < 4.78 is 0. The molecule has 0 aliphatic carbocycles. The highest BCUT2D eigenvalue weighted by Gasteiger charge is 2.18. The first-order chi connectivity index (χ1) is 13.8. The average Bonchev–Trinajstić information content (AvgIpc) is 2.69. The van der Waals surface area contributed by atoms with Gasteiger partial charge in [0, 0.05) is 24.0 Å². The van der Waals surface area contributed by atoms with Crippen molar-refractivity contribution >= 4 is 17.5 Å². The quantitative estimate of drug-likeness (QED) is 0.640. The Kier molecular flexibility index (Phi) is 6.27. The minimum Gasteiger partial charge on any atom is -0.334 e. The van der Waals surface area contributed by atoms with Gasteiger partial charge in [0.25, 0.3) is 5.91 Å². The van der Waals surface area contributed by atoms with Gasteiger partial charge in [0.2, 0.25) is 5.95 Å². The number of hydrogen-bond donors (Lipinski definition) is 1. The van der Waals surface area contributed by atoms with Crippen LogP contribution in [0.1, 0.15) is 46.7 Å². The molecule has 0 radical (unpaired) electrons. The molecule has 1 amide bonds. The number of carbonyl (C=O) groups is 1. The maximum atomic E-state index is 12.8. The predicted octanol–water partition coefficient (Wildman–Crippen LogP) is 5.07. The van der Waals surface area contributed by atoms with Crippen molar-refractivity contribution in [3.05, 3.63) is 82.7 Å². The molecular weight excluding hydrogens is 360 g/mol. The summed E-state index contributed by atoms with van der Waals surface area (Å²) in [5, 5.41) is 2.95. The first-order valence-electron chi connectivity index (χ1n) is 9.88. The number of hydrogen-bond acceptors (Lipinski definition) is 4. The number of aromatic nitrogens is 2. The number of amides is 1. The van der Waals surface area contributed by atoms with E-state index in [-0.39, 0.29) is 11.9 Å². The van der Waals surface area contributed by atoms with Gasteiger partial charge in [0.05, 0.1) is 0 Å². The first kappa shape index (κ1) is 20.5. The van der Waals surface area contributed by atoms with Gasteiger partial charge in [-0.1, -0.05) is 36.4 Å². The smallest absolute Gasteiger partial charge is 0.274 e. The third-order valence-corrected chi connectivity index (χ3v) is 4.92. The number of carbonyl (C=O) groups excluding carboxylic acids is 1. The summed E-state index contributed by atoms with van der Waals surface area (Å²) in [4.78, 5) is 24.1. The van der Waals surface area contributed by atoms with Crippen LogP contribution in [0, 0.1) is 20.8 Å². The Hall–Kier alpha value is -3.21. The van der Waals surface area contributed by atoms with Gasteiger partial charge in [0.1, 0.15) is 5.69 Å². The third kappa shape index (κ3) is 5.19. The van der Waals surface area contributed by atoms with E-state index in [1.165, 1.54) is 11.1 Å². The molecule has 0 aliphatic rings. The van der Waals surface area contributed by atoms with Crippen molar-refractivity contribution in [3.63, 3.8) is 0 Å². The predicted molar refractivity (Wildman–Crippen MR) is 118 cm³/mol. The first-order valence-corrected chi connectivity index (χ1v) is 9.88. The molecule has 0 fully saturated rings. The largest absolute Gasteiger partial charge is 0.334 e. The lowest BCUT2D eigenvalue weighted by Gasteiger charge is -2.27. The van der Waals surface area contributed by atoms with Gasteiger partial charge < -0.3 is 10.2 Å². The molecule has 1 N–H and O–H groups in total. The molecule has 3 aromatic rings. The minimum atomic E-state index is -0.233. The van der Waals surface area contributed by atoms with Crippen LogP contribution in [0.15, 0.2) is 54.6 Å². The fourth-order valence-corrected chi connectivity index (χ4v) is 3.08. The number of nitrogens with zero attached hydrogens (tertiary/aromatic N) is 3. The monoisotopic (exact) mass is 388 g/mol. The summed E-state index contributed by atoms with van der Waals surface area (Å²) >= 11 is 0. The second-order valence-corrected chi connectivity index (χ2v) is 7.65. The van der Waals surface area contributed by atoms with E-state index >= 15 is 0 Å². The molecule has 5 heteroatoms. The number of anilines is 2. The Bertz CT molecular complexity index is 999. The van der Waals surface area contributed by atoms with Gasteiger partial charge in [-0.2, -0.15) is 0 Å². The fraction of sp³-hybridized carbons (Fsp3) is 0.292. The summed E-state index contributed by atoms with van der Waals surface area (Å²) in [5.74, 6) is 0.331. The molecule has 0 saturated heterocycles. The molecule has 0 saturated carbocycles. The lowest BCUT2D eigenvalue weighted by Crippen LogP contribution is -2.32. The molecule has 150 valence electrons. The van der Waals surface area contributed by atoms with Crippen LogP contribution in [0.25, 0.3) is 0 Å². The number of benzene rings is 2. The van der Waals surface area contributed by atoms with Crippen molar-refractivity contribution < 1.29 is 4.79 Å². The molecular formula is C24H28N4O. The van der Waals surface area contributed by atoms with Crippen molar-refractivity contribution in [1.82, 2.24) is 9.97 Å². The molecule has 0 atom stereocenters. The fourth-order valence-electron chi connectivity index (χ4n) is 3.08. The van der Waals surface area contributed by atoms with Crippen molar-refractivity contribution in [2.45, 2.75) is 47.2 Å². The minimum absolute atomic E-state index is 0.188. The van der Waals surface area contributed by atoms with Crippen molar-refractivity contribution in [2.24, 2.45) is 0 Å². The summed E-state index contributed by atoms with van der Waals surface area (Å²) in [7, 11) is 0. The zero-order valence-corrected chi connectivity index (χ0v) is 17.7. The summed E-state index contributed by atoms with van der Waals surface area (Å²) in [6.07, 6.45) is 0.